The number of aryl methyl sites for hydroxylation is 3. The molecule has 0 unspecified atom stereocenters. The standard InChI is InChI=1S/C14H14N2O3S2/c1-6-11(20-7(2)15-6)12(17)16-13-10(14(18)19)8-4-3-5-9(8)21-13/h3-5H2,1-2H3,(H,16,17)(H,18,19). The predicted octanol–water partition coefficient (Wildman–Crippen LogP) is 3.26. The lowest BCUT2D eigenvalue weighted by Crippen LogP contribution is -2.13. The zero-order valence-corrected chi connectivity index (χ0v) is 13.3. The van der Waals surface area contributed by atoms with Crippen molar-refractivity contribution >= 4 is 39.6 Å². The Morgan fingerprint density at radius 1 is 1.24 bits per heavy atom. The number of carboxylic acids is 1. The fraction of sp³-hybridized carbons (Fsp3) is 0.357. The SMILES string of the molecule is Cc1nc(C)c(C(=O)Nc2sc3c(c2C(=O)O)CCC3)s1. The number of thiophene rings is 1. The van der Waals surface area contributed by atoms with Crippen LogP contribution in [-0.2, 0) is 12.8 Å². The lowest BCUT2D eigenvalue weighted by Gasteiger charge is -2.04. The van der Waals surface area contributed by atoms with E-state index in [9.17, 15) is 14.7 Å². The van der Waals surface area contributed by atoms with Crippen molar-refractivity contribution in [1.29, 1.82) is 0 Å². The summed E-state index contributed by atoms with van der Waals surface area (Å²) in [6, 6.07) is 0. The van der Waals surface area contributed by atoms with E-state index in [1.165, 1.54) is 22.7 Å². The summed E-state index contributed by atoms with van der Waals surface area (Å²) in [5.74, 6) is -1.25. The van der Waals surface area contributed by atoms with Crippen LogP contribution < -0.4 is 5.32 Å². The van der Waals surface area contributed by atoms with Crippen LogP contribution in [0.5, 0.6) is 0 Å². The summed E-state index contributed by atoms with van der Waals surface area (Å²) < 4.78 is 0. The van der Waals surface area contributed by atoms with Crippen LogP contribution in [0.15, 0.2) is 0 Å². The summed E-state index contributed by atoms with van der Waals surface area (Å²) >= 11 is 2.70. The molecule has 2 heterocycles. The van der Waals surface area contributed by atoms with Crippen molar-refractivity contribution in [2.24, 2.45) is 0 Å². The van der Waals surface area contributed by atoms with Gasteiger partial charge >= 0.3 is 5.97 Å². The molecule has 2 aromatic heterocycles. The number of hydrogen-bond acceptors (Lipinski definition) is 5. The van der Waals surface area contributed by atoms with Gasteiger partial charge in [0.05, 0.1) is 16.3 Å². The van der Waals surface area contributed by atoms with Gasteiger partial charge in [-0.05, 0) is 38.7 Å². The van der Waals surface area contributed by atoms with E-state index in [0.717, 1.165) is 34.7 Å². The highest BCUT2D eigenvalue weighted by Gasteiger charge is 2.27. The fourth-order valence-corrected chi connectivity index (χ4v) is 4.71. The Bertz CT molecular complexity index is 746. The van der Waals surface area contributed by atoms with Gasteiger partial charge in [0.2, 0.25) is 0 Å². The van der Waals surface area contributed by atoms with Crippen LogP contribution in [0.25, 0.3) is 0 Å². The van der Waals surface area contributed by atoms with Gasteiger partial charge in [-0.25, -0.2) is 9.78 Å². The average Bonchev–Trinajstić information content (AvgIpc) is 3.02. The first-order chi connectivity index (χ1) is 9.97. The predicted molar refractivity (Wildman–Crippen MR) is 82.8 cm³/mol. The molecule has 21 heavy (non-hydrogen) atoms. The van der Waals surface area contributed by atoms with E-state index < -0.39 is 5.97 Å². The third-order valence-corrected chi connectivity index (χ3v) is 5.75. The highest BCUT2D eigenvalue weighted by Crippen LogP contribution is 2.39. The first-order valence-corrected chi connectivity index (χ1v) is 8.24. The van der Waals surface area contributed by atoms with Gasteiger partial charge in [-0.1, -0.05) is 0 Å². The van der Waals surface area contributed by atoms with E-state index in [1.54, 1.807) is 6.92 Å². The summed E-state index contributed by atoms with van der Waals surface area (Å²) in [5.41, 5.74) is 1.83. The number of carbonyl (C=O) groups excluding carboxylic acids is 1. The van der Waals surface area contributed by atoms with Crippen molar-refractivity contribution < 1.29 is 14.7 Å². The monoisotopic (exact) mass is 322 g/mol. The summed E-state index contributed by atoms with van der Waals surface area (Å²) in [7, 11) is 0. The number of aromatic carboxylic acids is 1. The van der Waals surface area contributed by atoms with Gasteiger partial charge in [-0.3, -0.25) is 4.79 Å². The first-order valence-electron chi connectivity index (χ1n) is 6.60. The number of nitrogens with one attached hydrogen (secondary N) is 1. The van der Waals surface area contributed by atoms with E-state index in [4.69, 9.17) is 0 Å². The van der Waals surface area contributed by atoms with Gasteiger partial charge in [0, 0.05) is 4.88 Å². The first kappa shape index (κ1) is 14.2. The van der Waals surface area contributed by atoms with Gasteiger partial charge in [-0.15, -0.1) is 22.7 Å². The van der Waals surface area contributed by atoms with Crippen LogP contribution in [-0.4, -0.2) is 22.0 Å². The van der Waals surface area contributed by atoms with Crippen molar-refractivity contribution in [2.45, 2.75) is 33.1 Å². The Hall–Kier alpha value is -1.73. The third kappa shape index (κ3) is 2.47. The van der Waals surface area contributed by atoms with E-state index in [1.807, 2.05) is 6.92 Å². The summed E-state index contributed by atoms with van der Waals surface area (Å²) in [6.45, 7) is 3.63. The number of nitrogens with zero attached hydrogens (tertiary/aromatic N) is 1. The quantitative estimate of drug-likeness (QED) is 0.909. The van der Waals surface area contributed by atoms with Gasteiger partial charge in [0.15, 0.2) is 0 Å². The molecule has 0 saturated heterocycles. The average molecular weight is 322 g/mol. The highest BCUT2D eigenvalue weighted by atomic mass is 32.1. The lowest BCUT2D eigenvalue weighted by atomic mass is 10.1. The number of rotatable bonds is 3. The van der Waals surface area contributed by atoms with Crippen molar-refractivity contribution in [2.75, 3.05) is 5.32 Å². The number of carbonyl (C=O) groups is 2. The molecule has 0 atom stereocenters. The van der Waals surface area contributed by atoms with Crippen LogP contribution >= 0.6 is 22.7 Å². The van der Waals surface area contributed by atoms with Crippen molar-refractivity contribution in [3.05, 3.63) is 31.6 Å². The Balaban J connectivity index is 1.94. The summed E-state index contributed by atoms with van der Waals surface area (Å²) in [6.07, 6.45) is 2.67. The molecule has 2 aromatic rings. The summed E-state index contributed by atoms with van der Waals surface area (Å²) in [4.78, 5) is 29.6. The van der Waals surface area contributed by atoms with Gasteiger partial charge in [-0.2, -0.15) is 0 Å². The Kier molecular flexibility index (Phi) is 3.54. The molecule has 1 aliphatic rings. The van der Waals surface area contributed by atoms with Crippen LogP contribution in [0.2, 0.25) is 0 Å². The van der Waals surface area contributed by atoms with Crippen molar-refractivity contribution in [3.63, 3.8) is 0 Å². The topological polar surface area (TPSA) is 79.3 Å². The second kappa shape index (κ2) is 5.23. The zero-order chi connectivity index (χ0) is 15.1. The molecule has 110 valence electrons. The zero-order valence-electron chi connectivity index (χ0n) is 11.6. The molecule has 0 aliphatic heterocycles. The molecule has 0 bridgehead atoms. The molecule has 7 heteroatoms. The second-order valence-corrected chi connectivity index (χ2v) is 7.28. The number of anilines is 1. The fourth-order valence-electron chi connectivity index (χ4n) is 2.62. The molecule has 0 fully saturated rings. The minimum atomic E-state index is -0.970. The van der Waals surface area contributed by atoms with Crippen LogP contribution in [0.3, 0.4) is 0 Å². The number of thiazole rings is 1. The van der Waals surface area contributed by atoms with Gasteiger partial charge < -0.3 is 10.4 Å². The molecule has 5 nitrogen and oxygen atoms in total. The molecule has 0 radical (unpaired) electrons. The molecular weight excluding hydrogens is 308 g/mol. The maximum atomic E-state index is 12.3. The number of carboxylic acid groups (broad SMARTS) is 1. The molecule has 1 amide bonds. The lowest BCUT2D eigenvalue weighted by molar-refractivity contribution is 0.0697. The second-order valence-electron chi connectivity index (χ2n) is 4.97. The molecule has 3 rings (SSSR count). The normalized spacial score (nSPS) is 13.2. The minimum absolute atomic E-state index is 0.264. The van der Waals surface area contributed by atoms with Crippen LogP contribution in [0.1, 0.15) is 47.6 Å². The van der Waals surface area contributed by atoms with Crippen molar-refractivity contribution in [1.82, 2.24) is 4.98 Å². The maximum Gasteiger partial charge on any atom is 0.339 e. The number of hydrogen-bond donors (Lipinski definition) is 2. The van der Waals surface area contributed by atoms with Crippen LogP contribution in [0, 0.1) is 13.8 Å². The van der Waals surface area contributed by atoms with E-state index >= 15 is 0 Å². The largest absolute Gasteiger partial charge is 0.478 e. The molecule has 0 aromatic carbocycles. The van der Waals surface area contributed by atoms with Gasteiger partial charge in [0.25, 0.3) is 5.91 Å². The maximum absolute atomic E-state index is 12.3. The smallest absolute Gasteiger partial charge is 0.339 e. The Labute approximate surface area is 129 Å². The molecular formula is C14H14N2O3S2. The number of aromatic nitrogens is 1. The molecule has 2 N–H and O–H groups in total. The van der Waals surface area contributed by atoms with Crippen LogP contribution in [0.4, 0.5) is 5.00 Å². The third-order valence-electron chi connectivity index (χ3n) is 3.47. The highest BCUT2D eigenvalue weighted by molar-refractivity contribution is 7.17. The Morgan fingerprint density at radius 3 is 2.62 bits per heavy atom. The van der Waals surface area contributed by atoms with E-state index in [0.29, 0.717) is 15.6 Å². The Morgan fingerprint density at radius 2 is 2.00 bits per heavy atom. The number of fused-ring (bicyclic) bond motifs is 1. The molecule has 1 aliphatic carbocycles. The molecule has 0 spiro atoms. The van der Waals surface area contributed by atoms with E-state index in [-0.39, 0.29) is 11.5 Å². The molecule has 0 saturated carbocycles. The van der Waals surface area contributed by atoms with Crippen molar-refractivity contribution in [3.8, 4) is 0 Å². The van der Waals surface area contributed by atoms with Gasteiger partial charge in [0.1, 0.15) is 9.88 Å². The minimum Gasteiger partial charge on any atom is -0.478 e. The van der Waals surface area contributed by atoms with E-state index in [2.05, 4.69) is 10.3 Å². The number of amides is 1. The summed E-state index contributed by atoms with van der Waals surface area (Å²) in [5, 5.41) is 13.4.